The highest BCUT2D eigenvalue weighted by Gasteiger charge is 2.34. The fourth-order valence-corrected chi connectivity index (χ4v) is 3.32. The van der Waals surface area contributed by atoms with Gasteiger partial charge >= 0.3 is 6.09 Å². The number of amides is 2. The summed E-state index contributed by atoms with van der Waals surface area (Å²) in [6, 6.07) is 4.63. The van der Waals surface area contributed by atoms with Gasteiger partial charge < -0.3 is 20.1 Å². The first-order chi connectivity index (χ1) is 12.6. The monoisotopic (exact) mass is 400 g/mol. The molecular formula is C19H26ClFN2O4. The molecule has 0 radical (unpaired) electrons. The van der Waals surface area contributed by atoms with Crippen molar-refractivity contribution in [2.45, 2.75) is 45.3 Å². The number of nitrogens with zero attached hydrogens (tertiary/aromatic N) is 1. The minimum atomic E-state index is -0.749. The van der Waals surface area contributed by atoms with Gasteiger partial charge in [0.25, 0.3) is 0 Å². The molecular weight excluding hydrogens is 375 g/mol. The van der Waals surface area contributed by atoms with Crippen LogP contribution in [-0.4, -0.2) is 42.2 Å². The third-order valence-electron chi connectivity index (χ3n) is 4.23. The molecule has 1 fully saturated rings. The molecule has 1 aliphatic rings. The highest BCUT2D eigenvalue weighted by molar-refractivity contribution is 6.30. The number of carbonyl (C=O) groups excluding carboxylic acids is 2. The van der Waals surface area contributed by atoms with Crippen molar-refractivity contribution in [2.24, 2.45) is 11.7 Å². The van der Waals surface area contributed by atoms with Crippen LogP contribution in [0.5, 0.6) is 0 Å². The van der Waals surface area contributed by atoms with Crippen LogP contribution in [0.25, 0.3) is 0 Å². The largest absolute Gasteiger partial charge is 0.444 e. The van der Waals surface area contributed by atoms with Gasteiger partial charge in [0.15, 0.2) is 0 Å². The number of benzene rings is 1. The SMILES string of the molecule is CC(C)(C)OC(=O)N1CCCC(C(OCC(N)=O)c2cccc(Cl)c2F)C1. The van der Waals surface area contributed by atoms with E-state index in [2.05, 4.69) is 0 Å². The molecule has 1 aromatic rings. The summed E-state index contributed by atoms with van der Waals surface area (Å²) in [6.45, 7) is 5.92. The number of likely N-dealkylation sites (tertiary alicyclic amines) is 1. The number of rotatable bonds is 5. The Morgan fingerprint density at radius 3 is 2.74 bits per heavy atom. The average Bonchev–Trinajstić information content (AvgIpc) is 2.57. The summed E-state index contributed by atoms with van der Waals surface area (Å²) in [5.74, 6) is -1.47. The van der Waals surface area contributed by atoms with E-state index < -0.39 is 29.5 Å². The second-order valence-electron chi connectivity index (χ2n) is 7.67. The lowest BCUT2D eigenvalue weighted by Crippen LogP contribution is -2.44. The fraction of sp³-hybridized carbons (Fsp3) is 0.579. The van der Waals surface area contributed by atoms with Crippen molar-refractivity contribution in [3.05, 3.63) is 34.6 Å². The third kappa shape index (κ3) is 6.07. The second kappa shape index (κ2) is 8.89. The Bertz CT molecular complexity index is 693. The van der Waals surface area contributed by atoms with Gasteiger partial charge in [-0.05, 0) is 39.7 Å². The topological polar surface area (TPSA) is 81.9 Å². The molecule has 1 aromatic carbocycles. The van der Waals surface area contributed by atoms with Crippen LogP contribution in [0.2, 0.25) is 5.02 Å². The van der Waals surface area contributed by atoms with Gasteiger partial charge in [0.1, 0.15) is 18.0 Å². The predicted octanol–water partition coefficient (Wildman–Crippen LogP) is 3.67. The maximum absolute atomic E-state index is 14.6. The molecule has 0 spiro atoms. The molecule has 2 N–H and O–H groups in total. The van der Waals surface area contributed by atoms with E-state index >= 15 is 0 Å². The predicted molar refractivity (Wildman–Crippen MR) is 99.8 cm³/mol. The van der Waals surface area contributed by atoms with Crippen LogP contribution >= 0.6 is 11.6 Å². The molecule has 0 saturated carbocycles. The first-order valence-electron chi connectivity index (χ1n) is 8.90. The molecule has 0 aliphatic carbocycles. The number of ether oxygens (including phenoxy) is 2. The van der Waals surface area contributed by atoms with E-state index in [0.717, 1.165) is 0 Å². The Kier molecular flexibility index (Phi) is 7.06. The smallest absolute Gasteiger partial charge is 0.410 e. The van der Waals surface area contributed by atoms with Crippen molar-refractivity contribution in [1.82, 2.24) is 4.90 Å². The Labute approximate surface area is 163 Å². The van der Waals surface area contributed by atoms with E-state index in [1.165, 1.54) is 6.07 Å². The molecule has 1 aliphatic heterocycles. The van der Waals surface area contributed by atoms with E-state index in [9.17, 15) is 14.0 Å². The number of hydrogen-bond donors (Lipinski definition) is 1. The summed E-state index contributed by atoms with van der Waals surface area (Å²) in [4.78, 5) is 25.2. The van der Waals surface area contributed by atoms with Crippen LogP contribution in [0, 0.1) is 11.7 Å². The van der Waals surface area contributed by atoms with Gasteiger partial charge in [0.2, 0.25) is 5.91 Å². The molecule has 0 aromatic heterocycles. The standard InChI is InChI=1S/C19H26ClFN2O4/c1-19(2,3)27-18(25)23-9-5-6-12(10-23)17(26-11-15(22)24)13-7-4-8-14(20)16(13)21/h4,7-8,12,17H,5-6,9-11H2,1-3H3,(H2,22,24). The van der Waals surface area contributed by atoms with Crippen molar-refractivity contribution in [2.75, 3.05) is 19.7 Å². The number of halogens is 2. The summed E-state index contributed by atoms with van der Waals surface area (Å²) in [5.41, 5.74) is 4.84. The second-order valence-corrected chi connectivity index (χ2v) is 8.08. The van der Waals surface area contributed by atoms with Crippen LogP contribution in [-0.2, 0) is 14.3 Å². The first kappa shape index (κ1) is 21.4. The zero-order chi connectivity index (χ0) is 20.2. The molecule has 8 heteroatoms. The molecule has 2 amide bonds. The molecule has 1 saturated heterocycles. The number of hydrogen-bond acceptors (Lipinski definition) is 4. The average molecular weight is 401 g/mol. The van der Waals surface area contributed by atoms with E-state index in [1.54, 1.807) is 37.8 Å². The quantitative estimate of drug-likeness (QED) is 0.817. The molecule has 150 valence electrons. The number of carbonyl (C=O) groups is 2. The Hall–Kier alpha value is -1.86. The lowest BCUT2D eigenvalue weighted by Gasteiger charge is -2.37. The van der Waals surface area contributed by atoms with Gasteiger partial charge in [-0.2, -0.15) is 0 Å². The normalized spacial score (nSPS) is 18.9. The van der Waals surface area contributed by atoms with Crippen molar-refractivity contribution >= 4 is 23.6 Å². The lowest BCUT2D eigenvalue weighted by atomic mass is 9.88. The minimum absolute atomic E-state index is 0.0278. The molecule has 1 heterocycles. The fourth-order valence-electron chi connectivity index (χ4n) is 3.14. The van der Waals surface area contributed by atoms with Crippen molar-refractivity contribution in [3.8, 4) is 0 Å². The van der Waals surface area contributed by atoms with Gasteiger partial charge in [-0.25, -0.2) is 9.18 Å². The number of primary amides is 1. The minimum Gasteiger partial charge on any atom is -0.444 e. The highest BCUT2D eigenvalue weighted by Crippen LogP contribution is 2.36. The van der Waals surface area contributed by atoms with Crippen molar-refractivity contribution < 1.29 is 23.5 Å². The van der Waals surface area contributed by atoms with Gasteiger partial charge in [-0.1, -0.05) is 23.7 Å². The van der Waals surface area contributed by atoms with Crippen LogP contribution in [0.4, 0.5) is 9.18 Å². The van der Waals surface area contributed by atoms with Gasteiger partial charge in [0.05, 0.1) is 11.1 Å². The summed E-state index contributed by atoms with van der Waals surface area (Å²) in [5, 5.41) is -0.0278. The highest BCUT2D eigenvalue weighted by atomic mass is 35.5. The maximum Gasteiger partial charge on any atom is 0.410 e. The van der Waals surface area contributed by atoms with Gasteiger partial charge in [-0.15, -0.1) is 0 Å². The van der Waals surface area contributed by atoms with Crippen molar-refractivity contribution in [3.63, 3.8) is 0 Å². The van der Waals surface area contributed by atoms with Crippen LogP contribution < -0.4 is 5.73 Å². The van der Waals surface area contributed by atoms with Crippen LogP contribution in [0.1, 0.15) is 45.3 Å². The van der Waals surface area contributed by atoms with Crippen LogP contribution in [0.3, 0.4) is 0 Å². The molecule has 0 bridgehead atoms. The van der Waals surface area contributed by atoms with E-state index in [4.69, 9.17) is 26.8 Å². The lowest BCUT2D eigenvalue weighted by molar-refractivity contribution is -0.126. The summed E-state index contributed by atoms with van der Waals surface area (Å²) in [6.07, 6.45) is 0.242. The van der Waals surface area contributed by atoms with Gasteiger partial charge in [0, 0.05) is 24.6 Å². The Morgan fingerprint density at radius 2 is 2.11 bits per heavy atom. The van der Waals surface area contributed by atoms with Crippen LogP contribution in [0.15, 0.2) is 18.2 Å². The Morgan fingerprint density at radius 1 is 1.41 bits per heavy atom. The number of nitrogens with two attached hydrogens (primary N) is 1. The van der Waals surface area contributed by atoms with E-state index in [0.29, 0.717) is 25.9 Å². The van der Waals surface area contributed by atoms with E-state index in [1.807, 2.05) is 0 Å². The summed E-state index contributed by atoms with van der Waals surface area (Å²) < 4.78 is 25.6. The zero-order valence-electron chi connectivity index (χ0n) is 15.8. The summed E-state index contributed by atoms with van der Waals surface area (Å²) >= 11 is 5.90. The molecule has 27 heavy (non-hydrogen) atoms. The first-order valence-corrected chi connectivity index (χ1v) is 9.28. The summed E-state index contributed by atoms with van der Waals surface area (Å²) in [7, 11) is 0. The third-order valence-corrected chi connectivity index (χ3v) is 4.52. The zero-order valence-corrected chi connectivity index (χ0v) is 16.6. The molecule has 2 rings (SSSR count). The molecule has 2 unspecified atom stereocenters. The van der Waals surface area contributed by atoms with E-state index in [-0.39, 0.29) is 23.1 Å². The van der Waals surface area contributed by atoms with Gasteiger partial charge in [-0.3, -0.25) is 4.79 Å². The van der Waals surface area contributed by atoms with Crippen molar-refractivity contribution in [1.29, 1.82) is 0 Å². The Balaban J connectivity index is 2.22. The molecule has 2 atom stereocenters. The number of piperidine rings is 1. The maximum atomic E-state index is 14.6. The molecule has 6 nitrogen and oxygen atoms in total.